The zero-order valence-electron chi connectivity index (χ0n) is 12.4. The first-order valence-electron chi connectivity index (χ1n) is 7.15. The number of hydrogen-bond acceptors (Lipinski definition) is 3. The molecule has 4 nitrogen and oxygen atoms in total. The molecule has 0 amide bonds. The van der Waals surface area contributed by atoms with E-state index < -0.39 is 10.0 Å². The van der Waals surface area contributed by atoms with Gasteiger partial charge in [0.2, 0.25) is 10.0 Å². The minimum absolute atomic E-state index is 0.246. The molecular formula is C15H24N2O2S. The first-order valence-corrected chi connectivity index (χ1v) is 8.64. The van der Waals surface area contributed by atoms with Crippen LogP contribution >= 0.6 is 0 Å². The molecule has 1 atom stereocenters. The molecule has 2 rings (SSSR count). The topological polar surface area (TPSA) is 58.2 Å². The molecule has 1 unspecified atom stereocenters. The van der Waals surface area contributed by atoms with E-state index in [1.165, 1.54) is 26.3 Å². The zero-order chi connectivity index (χ0) is 14.8. The third-order valence-electron chi connectivity index (χ3n) is 4.26. The van der Waals surface area contributed by atoms with E-state index >= 15 is 0 Å². The molecule has 1 aliphatic rings. The quantitative estimate of drug-likeness (QED) is 0.898. The smallest absolute Gasteiger partial charge is 0.240 e. The highest BCUT2D eigenvalue weighted by atomic mass is 32.2. The molecule has 0 aromatic heterocycles. The van der Waals surface area contributed by atoms with Crippen LogP contribution in [0.25, 0.3) is 0 Å². The number of nitrogens with one attached hydrogen (secondary N) is 2. The van der Waals surface area contributed by atoms with Gasteiger partial charge in [-0.2, -0.15) is 0 Å². The molecule has 0 heterocycles. The molecule has 1 fully saturated rings. The normalized spacial score (nSPS) is 22.4. The Balaban J connectivity index is 2.20. The molecule has 0 spiro atoms. The summed E-state index contributed by atoms with van der Waals surface area (Å²) in [4.78, 5) is 0.304. The second-order valence-electron chi connectivity index (χ2n) is 6.17. The van der Waals surface area contributed by atoms with Gasteiger partial charge in [-0.1, -0.05) is 32.8 Å². The third-order valence-corrected chi connectivity index (χ3v) is 5.67. The monoisotopic (exact) mass is 296 g/mol. The summed E-state index contributed by atoms with van der Waals surface area (Å²) in [7, 11) is -1.95. The van der Waals surface area contributed by atoms with Crippen LogP contribution in [0.5, 0.6) is 0 Å². The predicted octanol–water partition coefficient (Wildman–Crippen LogP) is 2.98. The zero-order valence-corrected chi connectivity index (χ0v) is 13.3. The fraction of sp³-hybridized carbons (Fsp3) is 0.600. The third kappa shape index (κ3) is 3.33. The summed E-state index contributed by atoms with van der Waals surface area (Å²) in [5.41, 5.74) is 1.12. The molecule has 0 saturated heterocycles. The molecule has 2 N–H and O–H groups in total. The Morgan fingerprint density at radius 2 is 2.00 bits per heavy atom. The van der Waals surface area contributed by atoms with Gasteiger partial charge in [0.1, 0.15) is 0 Å². The SMILES string of the molecule is CNS(=O)(=O)c1cccc(NC2CCCCC2(C)C)c1. The average Bonchev–Trinajstić information content (AvgIpc) is 2.41. The fourth-order valence-corrected chi connectivity index (χ4v) is 3.61. The van der Waals surface area contributed by atoms with Gasteiger partial charge in [-0.05, 0) is 43.5 Å². The first-order chi connectivity index (χ1) is 9.35. The van der Waals surface area contributed by atoms with Crippen LogP contribution in [0.3, 0.4) is 0 Å². The van der Waals surface area contributed by atoms with Gasteiger partial charge in [-0.3, -0.25) is 0 Å². The van der Waals surface area contributed by atoms with E-state index in [1.807, 2.05) is 6.07 Å². The highest BCUT2D eigenvalue weighted by Crippen LogP contribution is 2.37. The van der Waals surface area contributed by atoms with Crippen LogP contribution in [0.4, 0.5) is 5.69 Å². The Kier molecular flexibility index (Phi) is 4.39. The molecule has 1 aromatic rings. The number of hydrogen-bond donors (Lipinski definition) is 2. The number of benzene rings is 1. The summed E-state index contributed by atoms with van der Waals surface area (Å²) in [5, 5.41) is 3.52. The maximum Gasteiger partial charge on any atom is 0.240 e. The van der Waals surface area contributed by atoms with Gasteiger partial charge in [-0.15, -0.1) is 0 Å². The van der Waals surface area contributed by atoms with E-state index in [1.54, 1.807) is 18.2 Å². The van der Waals surface area contributed by atoms with Crippen LogP contribution in [-0.2, 0) is 10.0 Å². The molecule has 1 aromatic carbocycles. The van der Waals surface area contributed by atoms with Crippen LogP contribution < -0.4 is 10.0 Å². The van der Waals surface area contributed by atoms with E-state index in [0.717, 1.165) is 12.1 Å². The van der Waals surface area contributed by atoms with Crippen molar-refractivity contribution >= 4 is 15.7 Å². The largest absolute Gasteiger partial charge is 0.382 e. The minimum Gasteiger partial charge on any atom is -0.382 e. The van der Waals surface area contributed by atoms with Crippen LogP contribution in [0.2, 0.25) is 0 Å². The summed E-state index contributed by atoms with van der Waals surface area (Å²) in [6, 6.07) is 7.42. The lowest BCUT2D eigenvalue weighted by Gasteiger charge is -2.39. The summed E-state index contributed by atoms with van der Waals surface area (Å²) < 4.78 is 26.0. The van der Waals surface area contributed by atoms with Gasteiger partial charge < -0.3 is 5.32 Å². The summed E-state index contributed by atoms with van der Waals surface area (Å²) >= 11 is 0. The average molecular weight is 296 g/mol. The second kappa shape index (κ2) is 5.74. The molecular weight excluding hydrogens is 272 g/mol. The summed E-state index contributed by atoms with van der Waals surface area (Å²) in [5.74, 6) is 0. The van der Waals surface area contributed by atoms with Gasteiger partial charge in [0.15, 0.2) is 0 Å². The molecule has 0 bridgehead atoms. The van der Waals surface area contributed by atoms with Crippen molar-refractivity contribution in [3.8, 4) is 0 Å². The van der Waals surface area contributed by atoms with E-state index in [2.05, 4.69) is 23.9 Å². The van der Waals surface area contributed by atoms with Crippen molar-refractivity contribution in [1.82, 2.24) is 4.72 Å². The van der Waals surface area contributed by atoms with Crippen LogP contribution in [-0.4, -0.2) is 21.5 Å². The van der Waals surface area contributed by atoms with Crippen molar-refractivity contribution < 1.29 is 8.42 Å². The van der Waals surface area contributed by atoms with Crippen molar-refractivity contribution in [3.63, 3.8) is 0 Å². The van der Waals surface area contributed by atoms with Crippen molar-refractivity contribution in [2.75, 3.05) is 12.4 Å². The van der Waals surface area contributed by atoms with Crippen molar-refractivity contribution in [2.24, 2.45) is 5.41 Å². The Labute approximate surface area is 122 Å². The van der Waals surface area contributed by atoms with Gasteiger partial charge in [0.25, 0.3) is 0 Å². The first kappa shape index (κ1) is 15.3. The van der Waals surface area contributed by atoms with E-state index in [0.29, 0.717) is 10.9 Å². The number of sulfonamides is 1. The van der Waals surface area contributed by atoms with Crippen molar-refractivity contribution in [3.05, 3.63) is 24.3 Å². The molecule has 0 radical (unpaired) electrons. The van der Waals surface area contributed by atoms with Crippen LogP contribution in [0.15, 0.2) is 29.2 Å². The molecule has 5 heteroatoms. The molecule has 112 valence electrons. The summed E-state index contributed by atoms with van der Waals surface area (Å²) in [6.07, 6.45) is 4.85. The Bertz CT molecular complexity index is 567. The van der Waals surface area contributed by atoms with Gasteiger partial charge in [0.05, 0.1) is 4.90 Å². The van der Waals surface area contributed by atoms with Crippen molar-refractivity contribution in [1.29, 1.82) is 0 Å². The Morgan fingerprint density at radius 1 is 1.25 bits per heavy atom. The Morgan fingerprint density at radius 3 is 2.65 bits per heavy atom. The molecule has 20 heavy (non-hydrogen) atoms. The number of rotatable bonds is 4. The summed E-state index contributed by atoms with van der Waals surface area (Å²) in [6.45, 7) is 4.55. The van der Waals surface area contributed by atoms with E-state index in [-0.39, 0.29) is 5.41 Å². The lowest BCUT2D eigenvalue weighted by Crippen LogP contribution is -2.38. The standard InChI is InChI=1S/C15H24N2O2S/c1-15(2)10-5-4-9-14(15)17-12-7-6-8-13(11-12)20(18,19)16-3/h6-8,11,14,16-17H,4-5,9-10H2,1-3H3. The highest BCUT2D eigenvalue weighted by molar-refractivity contribution is 7.89. The van der Waals surface area contributed by atoms with Crippen LogP contribution in [0.1, 0.15) is 39.5 Å². The maximum absolute atomic E-state index is 11.8. The lowest BCUT2D eigenvalue weighted by molar-refractivity contribution is 0.217. The van der Waals surface area contributed by atoms with E-state index in [4.69, 9.17) is 0 Å². The maximum atomic E-state index is 11.8. The van der Waals surface area contributed by atoms with E-state index in [9.17, 15) is 8.42 Å². The fourth-order valence-electron chi connectivity index (χ4n) is 2.83. The van der Waals surface area contributed by atoms with Gasteiger partial charge in [-0.25, -0.2) is 13.1 Å². The highest BCUT2D eigenvalue weighted by Gasteiger charge is 2.32. The van der Waals surface area contributed by atoms with Crippen LogP contribution in [0, 0.1) is 5.41 Å². The number of anilines is 1. The molecule has 0 aliphatic heterocycles. The molecule has 1 aliphatic carbocycles. The van der Waals surface area contributed by atoms with Gasteiger partial charge >= 0.3 is 0 Å². The lowest BCUT2D eigenvalue weighted by atomic mass is 9.73. The minimum atomic E-state index is -3.38. The second-order valence-corrected chi connectivity index (χ2v) is 8.05. The van der Waals surface area contributed by atoms with Crippen molar-refractivity contribution in [2.45, 2.75) is 50.5 Å². The Hall–Kier alpha value is -1.07. The van der Waals surface area contributed by atoms with Gasteiger partial charge in [0, 0.05) is 11.7 Å². The molecule has 1 saturated carbocycles. The predicted molar refractivity (Wildman–Crippen MR) is 82.3 cm³/mol.